The van der Waals surface area contributed by atoms with Crippen LogP contribution in [0.25, 0.3) is 17.2 Å². The van der Waals surface area contributed by atoms with Gasteiger partial charge in [0.1, 0.15) is 0 Å². The molecule has 3 aromatic carbocycles. The molecule has 4 nitrogen and oxygen atoms in total. The molecule has 6 heteroatoms. The Morgan fingerprint density at radius 2 is 1.40 bits per heavy atom. The SMILES string of the molecule is CN1C=C(N(c2ccccc2)c2ccc(-c3ccccc3)cc2)C=C2C1c1sc(C=C3C(=O)c4cscc4C3=O)cc1C2(C)C. The summed E-state index contributed by atoms with van der Waals surface area (Å²) in [6.45, 7) is 4.56. The fourth-order valence-corrected chi connectivity index (χ4v) is 9.11. The normalized spacial score (nSPS) is 17.9. The van der Waals surface area contributed by atoms with Gasteiger partial charge in [0.2, 0.25) is 0 Å². The van der Waals surface area contributed by atoms with Crippen LogP contribution in [-0.2, 0) is 5.41 Å². The number of nitrogens with zero attached hydrogens (tertiary/aromatic N) is 2. The Hall–Kier alpha value is -4.78. The van der Waals surface area contributed by atoms with Crippen molar-refractivity contribution in [3.05, 3.63) is 157 Å². The monoisotopic (exact) mass is 622 g/mol. The number of para-hydroxylation sites is 1. The van der Waals surface area contributed by atoms with Crippen molar-refractivity contribution in [2.75, 3.05) is 11.9 Å². The number of rotatable bonds is 5. The minimum absolute atomic E-state index is 0.0881. The van der Waals surface area contributed by atoms with Crippen LogP contribution in [0, 0.1) is 0 Å². The highest BCUT2D eigenvalue weighted by molar-refractivity contribution is 7.13. The molecule has 45 heavy (non-hydrogen) atoms. The van der Waals surface area contributed by atoms with E-state index in [1.807, 2.05) is 12.1 Å². The summed E-state index contributed by atoms with van der Waals surface area (Å²) in [7, 11) is 2.14. The van der Waals surface area contributed by atoms with Crippen molar-refractivity contribution in [2.45, 2.75) is 25.3 Å². The van der Waals surface area contributed by atoms with E-state index < -0.39 is 0 Å². The molecule has 1 unspecified atom stereocenters. The van der Waals surface area contributed by atoms with Gasteiger partial charge in [-0.15, -0.1) is 11.3 Å². The Bertz CT molecular complexity index is 2050. The maximum atomic E-state index is 13.0. The number of fused-ring (bicyclic) bond motifs is 4. The Morgan fingerprint density at radius 3 is 2.07 bits per heavy atom. The third kappa shape index (κ3) is 4.39. The van der Waals surface area contributed by atoms with Crippen molar-refractivity contribution >= 4 is 51.7 Å². The number of allylic oxidation sites excluding steroid dienone is 2. The first kappa shape index (κ1) is 27.7. The zero-order chi connectivity index (χ0) is 30.9. The minimum Gasteiger partial charge on any atom is -0.367 e. The molecule has 8 rings (SSSR count). The molecule has 0 bridgehead atoms. The summed E-state index contributed by atoms with van der Waals surface area (Å²) in [6.07, 6.45) is 6.39. The quantitative estimate of drug-likeness (QED) is 0.145. The van der Waals surface area contributed by atoms with Gasteiger partial charge in [-0.25, -0.2) is 0 Å². The van der Waals surface area contributed by atoms with E-state index in [0.29, 0.717) is 11.1 Å². The topological polar surface area (TPSA) is 40.6 Å². The smallest absolute Gasteiger partial charge is 0.198 e. The minimum atomic E-state index is -0.234. The highest BCUT2D eigenvalue weighted by Gasteiger charge is 2.46. The fraction of sp³-hybridized carbons (Fsp3) is 0.128. The van der Waals surface area contributed by atoms with Crippen molar-refractivity contribution in [3.63, 3.8) is 0 Å². The number of benzene rings is 3. The van der Waals surface area contributed by atoms with Gasteiger partial charge in [-0.1, -0.05) is 74.5 Å². The van der Waals surface area contributed by atoms with Gasteiger partial charge in [-0.2, -0.15) is 11.3 Å². The Balaban J connectivity index is 1.16. The molecule has 3 heterocycles. The van der Waals surface area contributed by atoms with Gasteiger partial charge in [-0.05, 0) is 64.7 Å². The van der Waals surface area contributed by atoms with E-state index >= 15 is 0 Å². The molecular weight excluding hydrogens is 593 g/mol. The summed E-state index contributed by atoms with van der Waals surface area (Å²) in [6, 6.07) is 32.0. The van der Waals surface area contributed by atoms with Crippen LogP contribution >= 0.6 is 22.7 Å². The molecule has 0 radical (unpaired) electrons. The number of hydrogen-bond acceptors (Lipinski definition) is 6. The first-order valence-electron chi connectivity index (χ1n) is 15.0. The average molecular weight is 623 g/mol. The fourth-order valence-electron chi connectivity index (χ4n) is 6.86. The molecular formula is C39H30N2O2S2. The maximum absolute atomic E-state index is 13.0. The van der Waals surface area contributed by atoms with Crippen LogP contribution in [-0.4, -0.2) is 23.5 Å². The molecule has 0 saturated heterocycles. The number of anilines is 2. The Morgan fingerprint density at radius 1 is 0.800 bits per heavy atom. The number of Topliss-reactive ketones (excluding diaryl/α,β-unsaturated/α-hetero) is 2. The predicted octanol–water partition coefficient (Wildman–Crippen LogP) is 9.82. The van der Waals surface area contributed by atoms with Gasteiger partial charge in [0.05, 0.1) is 17.3 Å². The van der Waals surface area contributed by atoms with E-state index in [2.05, 4.69) is 122 Å². The van der Waals surface area contributed by atoms with E-state index in [-0.39, 0.29) is 28.6 Å². The summed E-state index contributed by atoms with van der Waals surface area (Å²) in [5, 5.41) is 3.56. The largest absolute Gasteiger partial charge is 0.367 e. The van der Waals surface area contributed by atoms with Gasteiger partial charge in [0.15, 0.2) is 11.6 Å². The van der Waals surface area contributed by atoms with Crippen LogP contribution in [0.2, 0.25) is 0 Å². The van der Waals surface area contributed by atoms with Crippen LogP contribution in [0.3, 0.4) is 0 Å². The van der Waals surface area contributed by atoms with E-state index in [0.717, 1.165) is 21.9 Å². The van der Waals surface area contributed by atoms with Crippen LogP contribution in [0.15, 0.2) is 131 Å². The van der Waals surface area contributed by atoms with E-state index in [9.17, 15) is 9.59 Å². The lowest BCUT2D eigenvalue weighted by Gasteiger charge is -2.37. The summed E-state index contributed by atoms with van der Waals surface area (Å²) >= 11 is 3.09. The average Bonchev–Trinajstić information content (AvgIpc) is 3.80. The summed E-state index contributed by atoms with van der Waals surface area (Å²) in [5.74, 6) is -0.324. The highest BCUT2D eigenvalue weighted by Crippen LogP contribution is 2.56. The maximum Gasteiger partial charge on any atom is 0.198 e. The molecule has 0 saturated carbocycles. The lowest BCUT2D eigenvalue weighted by molar-refractivity contribution is 0.0990. The van der Waals surface area contributed by atoms with E-state index in [1.54, 1.807) is 28.2 Å². The lowest BCUT2D eigenvalue weighted by atomic mass is 9.81. The standard InChI is InChI=1S/C39H30N2O2S2/c1-39(2)33-18-28(41(26-12-8-5-9-13-26)27-16-14-25(15-17-27)24-10-6-4-7-11-24)21-40(3)35(33)38-34(39)20-29(45-38)19-30-36(42)31-22-44-23-32(31)37(30)43/h4-23,35H,1-3H3. The van der Waals surface area contributed by atoms with Gasteiger partial charge in [-0.3, -0.25) is 9.59 Å². The number of ketones is 2. The Kier molecular flexibility index (Phi) is 6.41. The molecule has 1 aliphatic heterocycles. The first-order valence-corrected chi connectivity index (χ1v) is 16.7. The zero-order valence-electron chi connectivity index (χ0n) is 25.2. The van der Waals surface area contributed by atoms with Crippen LogP contribution in [0.4, 0.5) is 11.4 Å². The summed E-state index contributed by atoms with van der Waals surface area (Å²) in [5.41, 5.74) is 9.37. The van der Waals surface area contributed by atoms with Crippen LogP contribution in [0.5, 0.6) is 0 Å². The Labute approximate surface area is 270 Å². The number of carbonyl (C=O) groups is 2. The van der Waals surface area contributed by atoms with Crippen molar-refractivity contribution in [1.82, 2.24) is 4.90 Å². The first-order chi connectivity index (χ1) is 21.8. The van der Waals surface area contributed by atoms with Crippen molar-refractivity contribution in [3.8, 4) is 11.1 Å². The molecule has 220 valence electrons. The molecule has 0 N–H and O–H groups in total. The van der Waals surface area contributed by atoms with Crippen LogP contribution in [0.1, 0.15) is 55.9 Å². The van der Waals surface area contributed by atoms with Gasteiger partial charge < -0.3 is 9.80 Å². The molecule has 0 spiro atoms. The van der Waals surface area contributed by atoms with E-state index in [1.165, 1.54) is 38.5 Å². The molecule has 3 aliphatic rings. The van der Waals surface area contributed by atoms with Crippen LogP contribution < -0.4 is 4.90 Å². The molecule has 0 amide bonds. The summed E-state index contributed by atoms with van der Waals surface area (Å²) in [4.78, 5) is 32.8. The number of carbonyl (C=O) groups excluding carboxylic acids is 2. The number of likely N-dealkylation sites (N-methyl/N-ethyl adjacent to an activating group) is 1. The highest BCUT2D eigenvalue weighted by atomic mass is 32.1. The second kappa shape index (κ2) is 10.4. The van der Waals surface area contributed by atoms with Gasteiger partial charge in [0, 0.05) is 61.7 Å². The lowest BCUT2D eigenvalue weighted by Crippen LogP contribution is -2.30. The van der Waals surface area contributed by atoms with Crippen molar-refractivity contribution in [1.29, 1.82) is 0 Å². The predicted molar refractivity (Wildman–Crippen MR) is 185 cm³/mol. The number of thiophene rings is 2. The van der Waals surface area contributed by atoms with E-state index in [4.69, 9.17) is 0 Å². The third-order valence-corrected chi connectivity index (χ3v) is 11.1. The molecule has 5 aromatic rings. The molecule has 1 atom stereocenters. The zero-order valence-corrected chi connectivity index (χ0v) is 26.8. The second-order valence-corrected chi connectivity index (χ2v) is 14.1. The van der Waals surface area contributed by atoms with Gasteiger partial charge in [0.25, 0.3) is 0 Å². The second-order valence-electron chi connectivity index (χ2n) is 12.3. The third-order valence-electron chi connectivity index (χ3n) is 9.20. The van der Waals surface area contributed by atoms with Gasteiger partial charge >= 0.3 is 0 Å². The molecule has 2 aliphatic carbocycles. The summed E-state index contributed by atoms with van der Waals surface area (Å²) < 4.78 is 0. The molecule has 0 fully saturated rings. The number of hydrogen-bond donors (Lipinski definition) is 0. The van der Waals surface area contributed by atoms with Crippen molar-refractivity contribution < 1.29 is 9.59 Å². The van der Waals surface area contributed by atoms with Crippen molar-refractivity contribution in [2.24, 2.45) is 0 Å². The molecule has 2 aromatic heterocycles.